The molecule has 0 spiro atoms. The number of amides is 1. The van der Waals surface area contributed by atoms with Gasteiger partial charge in [-0.2, -0.15) is 0 Å². The van der Waals surface area contributed by atoms with Crippen molar-refractivity contribution in [3.8, 4) is 0 Å². The van der Waals surface area contributed by atoms with Gasteiger partial charge in [0.15, 0.2) is 5.78 Å². The number of halogens is 2. The maximum absolute atomic E-state index is 12.6. The van der Waals surface area contributed by atoms with Gasteiger partial charge in [-0.15, -0.1) is 0 Å². The van der Waals surface area contributed by atoms with E-state index in [0.29, 0.717) is 39.8 Å². The number of carbonyl (C=O) groups excluding carboxylic acids is 2. The van der Waals surface area contributed by atoms with Gasteiger partial charge in [0.25, 0.3) is 5.91 Å². The molecule has 0 aliphatic carbocycles. The summed E-state index contributed by atoms with van der Waals surface area (Å²) in [5.74, 6) is -0.162. The second-order valence-corrected chi connectivity index (χ2v) is 5.67. The van der Waals surface area contributed by atoms with E-state index in [1.165, 1.54) is 0 Å². The second kappa shape index (κ2) is 5.51. The van der Waals surface area contributed by atoms with Gasteiger partial charge in [-0.1, -0.05) is 29.3 Å². The number of hydrogen-bond donors (Lipinski definition) is 0. The van der Waals surface area contributed by atoms with Crippen LogP contribution in [-0.2, 0) is 0 Å². The SMILES string of the molecule is O=C1CCN(C(=O)c2cccc(Cl)c2)c2cc(Cl)ccc21. The van der Waals surface area contributed by atoms with Crippen LogP contribution in [0.1, 0.15) is 27.1 Å². The van der Waals surface area contributed by atoms with Crippen molar-refractivity contribution in [3.05, 3.63) is 63.6 Å². The van der Waals surface area contributed by atoms with Crippen LogP contribution in [0.4, 0.5) is 5.69 Å². The summed E-state index contributed by atoms with van der Waals surface area (Å²) in [5, 5.41) is 0.993. The number of rotatable bonds is 1. The lowest BCUT2D eigenvalue weighted by molar-refractivity contribution is 0.0955. The molecule has 1 aliphatic heterocycles. The maximum atomic E-state index is 12.6. The molecule has 3 rings (SSSR count). The van der Waals surface area contributed by atoms with Crippen molar-refractivity contribution in [3.63, 3.8) is 0 Å². The summed E-state index contributed by atoms with van der Waals surface area (Å²) >= 11 is 11.9. The van der Waals surface area contributed by atoms with Crippen molar-refractivity contribution in [2.24, 2.45) is 0 Å². The third-order valence-electron chi connectivity index (χ3n) is 3.43. The minimum Gasteiger partial charge on any atom is -0.307 e. The van der Waals surface area contributed by atoms with Crippen LogP contribution in [0.25, 0.3) is 0 Å². The average molecular weight is 320 g/mol. The minimum atomic E-state index is -0.187. The molecule has 0 radical (unpaired) electrons. The molecule has 0 N–H and O–H groups in total. The Morgan fingerprint density at radius 2 is 1.81 bits per heavy atom. The van der Waals surface area contributed by atoms with E-state index in [4.69, 9.17) is 23.2 Å². The minimum absolute atomic E-state index is 0.0248. The summed E-state index contributed by atoms with van der Waals surface area (Å²) in [5.41, 5.74) is 1.58. The summed E-state index contributed by atoms with van der Waals surface area (Å²) in [4.78, 5) is 26.2. The van der Waals surface area contributed by atoms with Gasteiger partial charge in [-0.25, -0.2) is 0 Å². The Bertz CT molecular complexity index is 743. The fourth-order valence-corrected chi connectivity index (χ4v) is 2.78. The Morgan fingerprint density at radius 1 is 1.05 bits per heavy atom. The molecule has 5 heteroatoms. The van der Waals surface area contributed by atoms with Gasteiger partial charge >= 0.3 is 0 Å². The number of Topliss-reactive ketones (excluding diaryl/α,β-unsaturated/α-hetero) is 1. The Hall–Kier alpha value is -1.84. The van der Waals surface area contributed by atoms with Crippen LogP contribution < -0.4 is 4.90 Å². The molecule has 1 heterocycles. The van der Waals surface area contributed by atoms with Gasteiger partial charge in [0, 0.05) is 34.1 Å². The van der Waals surface area contributed by atoms with Crippen LogP contribution in [0.5, 0.6) is 0 Å². The van der Waals surface area contributed by atoms with Crippen molar-refractivity contribution in [1.29, 1.82) is 0 Å². The predicted octanol–water partition coefficient (Wildman–Crippen LogP) is 4.23. The van der Waals surface area contributed by atoms with Gasteiger partial charge in [-0.3, -0.25) is 9.59 Å². The van der Waals surface area contributed by atoms with Crippen LogP contribution in [0.3, 0.4) is 0 Å². The topological polar surface area (TPSA) is 37.4 Å². The Morgan fingerprint density at radius 3 is 2.57 bits per heavy atom. The van der Waals surface area contributed by atoms with Gasteiger partial charge in [0.05, 0.1) is 5.69 Å². The van der Waals surface area contributed by atoms with Crippen molar-refractivity contribution in [2.45, 2.75) is 6.42 Å². The molecule has 106 valence electrons. The van der Waals surface area contributed by atoms with Crippen molar-refractivity contribution in [1.82, 2.24) is 0 Å². The normalized spacial score (nSPS) is 14.0. The number of anilines is 1. The molecule has 0 fully saturated rings. The highest BCUT2D eigenvalue weighted by atomic mass is 35.5. The molecule has 1 aliphatic rings. The number of fused-ring (bicyclic) bond motifs is 1. The fourth-order valence-electron chi connectivity index (χ4n) is 2.42. The Balaban J connectivity index is 2.04. The second-order valence-electron chi connectivity index (χ2n) is 4.80. The van der Waals surface area contributed by atoms with E-state index in [1.54, 1.807) is 47.4 Å². The monoisotopic (exact) mass is 319 g/mol. The summed E-state index contributed by atoms with van der Waals surface area (Å²) < 4.78 is 0. The van der Waals surface area contributed by atoms with Crippen molar-refractivity contribution < 1.29 is 9.59 Å². The number of nitrogens with zero attached hydrogens (tertiary/aromatic N) is 1. The molecule has 0 atom stereocenters. The lowest BCUT2D eigenvalue weighted by Gasteiger charge is -2.29. The number of ketones is 1. The first-order valence-electron chi connectivity index (χ1n) is 6.46. The molecule has 0 aromatic heterocycles. The number of hydrogen-bond acceptors (Lipinski definition) is 2. The Labute approximate surface area is 132 Å². The van der Waals surface area contributed by atoms with Gasteiger partial charge in [0.2, 0.25) is 0 Å². The van der Waals surface area contributed by atoms with Crippen LogP contribution in [-0.4, -0.2) is 18.2 Å². The van der Waals surface area contributed by atoms with Crippen molar-refractivity contribution in [2.75, 3.05) is 11.4 Å². The maximum Gasteiger partial charge on any atom is 0.258 e. The molecule has 0 bridgehead atoms. The highest BCUT2D eigenvalue weighted by Gasteiger charge is 2.28. The van der Waals surface area contributed by atoms with Gasteiger partial charge < -0.3 is 4.90 Å². The van der Waals surface area contributed by atoms with E-state index in [2.05, 4.69) is 0 Å². The molecular formula is C16H11Cl2NO2. The van der Waals surface area contributed by atoms with E-state index in [0.717, 1.165) is 0 Å². The van der Waals surface area contributed by atoms with E-state index in [9.17, 15) is 9.59 Å². The fraction of sp³-hybridized carbons (Fsp3) is 0.125. The van der Waals surface area contributed by atoms with Crippen LogP contribution in [0, 0.1) is 0 Å². The molecule has 21 heavy (non-hydrogen) atoms. The zero-order valence-electron chi connectivity index (χ0n) is 11.0. The van der Waals surface area contributed by atoms with Crippen LogP contribution in [0.2, 0.25) is 10.0 Å². The van der Waals surface area contributed by atoms with Crippen molar-refractivity contribution >= 4 is 40.6 Å². The largest absolute Gasteiger partial charge is 0.307 e. The predicted molar refractivity (Wildman–Crippen MR) is 83.5 cm³/mol. The van der Waals surface area contributed by atoms with E-state index in [-0.39, 0.29) is 11.7 Å². The first kappa shape index (κ1) is 14.1. The highest BCUT2D eigenvalue weighted by molar-refractivity contribution is 6.32. The zero-order valence-corrected chi connectivity index (χ0v) is 12.5. The average Bonchev–Trinajstić information content (AvgIpc) is 2.47. The lowest BCUT2D eigenvalue weighted by Crippen LogP contribution is -2.37. The van der Waals surface area contributed by atoms with Crippen LogP contribution in [0.15, 0.2) is 42.5 Å². The third-order valence-corrected chi connectivity index (χ3v) is 3.90. The summed E-state index contributed by atoms with van der Waals surface area (Å²) in [6.07, 6.45) is 0.306. The standard InChI is InChI=1S/C16H11Cl2NO2/c17-11-3-1-2-10(8-11)16(21)19-7-6-15(20)13-5-4-12(18)9-14(13)19/h1-5,8-9H,6-7H2. The van der Waals surface area contributed by atoms with Gasteiger partial charge in [-0.05, 0) is 36.4 Å². The van der Waals surface area contributed by atoms with E-state index >= 15 is 0 Å². The zero-order chi connectivity index (χ0) is 15.0. The summed E-state index contributed by atoms with van der Waals surface area (Å²) in [6, 6.07) is 11.7. The van der Waals surface area contributed by atoms with Crippen LogP contribution >= 0.6 is 23.2 Å². The quantitative estimate of drug-likeness (QED) is 0.789. The molecule has 0 unspecified atom stereocenters. The number of carbonyl (C=O) groups is 2. The first-order chi connectivity index (χ1) is 10.1. The molecular weight excluding hydrogens is 309 g/mol. The Kier molecular flexibility index (Phi) is 3.70. The smallest absolute Gasteiger partial charge is 0.258 e. The summed E-state index contributed by atoms with van der Waals surface area (Å²) in [7, 11) is 0. The van der Waals surface area contributed by atoms with E-state index in [1.807, 2.05) is 0 Å². The molecule has 2 aromatic rings. The lowest BCUT2D eigenvalue weighted by atomic mass is 9.99. The highest BCUT2D eigenvalue weighted by Crippen LogP contribution is 2.31. The summed E-state index contributed by atoms with van der Waals surface area (Å²) in [6.45, 7) is 0.345. The number of benzene rings is 2. The molecule has 2 aromatic carbocycles. The third kappa shape index (κ3) is 2.67. The van der Waals surface area contributed by atoms with Gasteiger partial charge in [0.1, 0.15) is 0 Å². The molecule has 0 saturated carbocycles. The molecule has 3 nitrogen and oxygen atoms in total. The first-order valence-corrected chi connectivity index (χ1v) is 7.22. The molecule has 1 amide bonds. The van der Waals surface area contributed by atoms with E-state index < -0.39 is 0 Å². The molecule has 0 saturated heterocycles.